The predicted octanol–water partition coefficient (Wildman–Crippen LogP) is 5.36. The Balaban J connectivity index is 1.63. The molecule has 0 aliphatic rings. The van der Waals surface area contributed by atoms with Gasteiger partial charge in [0.25, 0.3) is 0 Å². The number of nitrogens with two attached hydrogens (primary N) is 1. The smallest absolute Gasteiger partial charge is 0.407 e. The van der Waals surface area contributed by atoms with Crippen molar-refractivity contribution in [1.29, 1.82) is 0 Å². The highest BCUT2D eigenvalue weighted by Crippen LogP contribution is 2.33. The molecular weight excluding hydrogens is 412 g/mol. The van der Waals surface area contributed by atoms with Gasteiger partial charge in [0.05, 0.1) is 0 Å². The lowest BCUT2D eigenvalue weighted by molar-refractivity contribution is 0.136. The summed E-state index contributed by atoms with van der Waals surface area (Å²) in [5.41, 5.74) is 10.1. The topological polar surface area (TPSA) is 73.6 Å². The van der Waals surface area contributed by atoms with Crippen molar-refractivity contribution >= 4 is 6.09 Å². The van der Waals surface area contributed by atoms with E-state index in [9.17, 15) is 4.79 Å². The molecule has 1 unspecified atom stereocenters. The van der Waals surface area contributed by atoms with Crippen LogP contribution in [0.3, 0.4) is 0 Å². The molecule has 0 saturated heterocycles. The van der Waals surface area contributed by atoms with Gasteiger partial charge in [0.2, 0.25) is 0 Å². The molecular formula is C28H34N2O3. The third-order valence-electron chi connectivity index (χ3n) is 5.39. The van der Waals surface area contributed by atoms with Gasteiger partial charge in [0.15, 0.2) is 0 Å². The molecule has 3 N–H and O–H groups in total. The molecule has 33 heavy (non-hydrogen) atoms. The Labute approximate surface area is 196 Å². The van der Waals surface area contributed by atoms with Crippen molar-refractivity contribution in [2.24, 2.45) is 5.73 Å². The van der Waals surface area contributed by atoms with E-state index in [-0.39, 0.29) is 18.1 Å². The number of benzene rings is 3. The summed E-state index contributed by atoms with van der Waals surface area (Å²) < 4.78 is 11.5. The molecule has 3 rings (SSSR count). The second-order valence-electron chi connectivity index (χ2n) is 9.20. The number of amides is 1. The van der Waals surface area contributed by atoms with Crippen LogP contribution in [0.1, 0.15) is 43.0 Å². The van der Waals surface area contributed by atoms with Crippen molar-refractivity contribution in [3.8, 4) is 5.75 Å². The normalized spacial score (nSPS) is 12.1. The van der Waals surface area contributed by atoms with Crippen molar-refractivity contribution in [2.45, 2.75) is 51.9 Å². The molecule has 5 heteroatoms. The molecule has 0 radical (unpaired) electrons. The number of hydrogen-bond donors (Lipinski definition) is 2. The summed E-state index contributed by atoms with van der Waals surface area (Å²) in [4.78, 5) is 12.3. The van der Waals surface area contributed by atoms with Crippen molar-refractivity contribution in [1.82, 2.24) is 5.32 Å². The first kappa shape index (κ1) is 24.3. The lowest BCUT2D eigenvalue weighted by Crippen LogP contribution is -2.42. The Morgan fingerprint density at radius 3 is 2.06 bits per heavy atom. The fourth-order valence-electron chi connectivity index (χ4n) is 3.56. The van der Waals surface area contributed by atoms with Crippen LogP contribution in [-0.2, 0) is 29.8 Å². The molecule has 0 aliphatic carbocycles. The van der Waals surface area contributed by atoms with Crippen LogP contribution < -0.4 is 15.8 Å². The fourth-order valence-corrected chi connectivity index (χ4v) is 3.56. The summed E-state index contributed by atoms with van der Waals surface area (Å²) in [6.07, 6.45) is 0.145. The van der Waals surface area contributed by atoms with Crippen LogP contribution in [0.15, 0.2) is 78.9 Å². The highest BCUT2D eigenvalue weighted by Gasteiger charge is 2.21. The zero-order valence-electron chi connectivity index (χ0n) is 19.7. The minimum Gasteiger partial charge on any atom is -0.489 e. The predicted molar refractivity (Wildman–Crippen MR) is 132 cm³/mol. The van der Waals surface area contributed by atoms with E-state index >= 15 is 0 Å². The summed E-state index contributed by atoms with van der Waals surface area (Å²) >= 11 is 0. The Morgan fingerprint density at radius 2 is 1.48 bits per heavy atom. The van der Waals surface area contributed by atoms with Gasteiger partial charge in [-0.3, -0.25) is 0 Å². The molecule has 1 amide bonds. The summed E-state index contributed by atoms with van der Waals surface area (Å²) in [5, 5.41) is 2.89. The minimum absolute atomic E-state index is 0.0950. The molecule has 3 aromatic rings. The Bertz CT molecular complexity index is 1010. The van der Waals surface area contributed by atoms with Crippen LogP contribution in [-0.4, -0.2) is 18.7 Å². The summed E-state index contributed by atoms with van der Waals surface area (Å²) in [6, 6.07) is 25.7. The third kappa shape index (κ3) is 7.65. The number of alkyl carbamates (subject to hydrolysis) is 1. The molecule has 0 spiro atoms. The third-order valence-corrected chi connectivity index (χ3v) is 5.39. The zero-order chi connectivity index (χ0) is 23.7. The van der Waals surface area contributed by atoms with E-state index in [1.807, 2.05) is 60.7 Å². The molecule has 0 bridgehead atoms. The van der Waals surface area contributed by atoms with Crippen LogP contribution in [0, 0.1) is 0 Å². The maximum Gasteiger partial charge on any atom is 0.407 e. The second-order valence-corrected chi connectivity index (χ2v) is 9.20. The van der Waals surface area contributed by atoms with Gasteiger partial charge in [-0.2, -0.15) is 0 Å². The highest BCUT2D eigenvalue weighted by atomic mass is 16.5. The number of carbonyl (C=O) groups is 1. The van der Waals surface area contributed by atoms with Crippen molar-refractivity contribution in [3.63, 3.8) is 0 Å². The second kappa shape index (κ2) is 11.5. The van der Waals surface area contributed by atoms with Crippen LogP contribution in [0.2, 0.25) is 0 Å². The summed E-state index contributed by atoms with van der Waals surface area (Å²) in [6.45, 7) is 7.57. The van der Waals surface area contributed by atoms with Gasteiger partial charge in [-0.15, -0.1) is 0 Å². The van der Waals surface area contributed by atoms with E-state index in [4.69, 9.17) is 15.2 Å². The molecule has 0 saturated carbocycles. The summed E-state index contributed by atoms with van der Waals surface area (Å²) in [7, 11) is 0. The molecule has 174 valence electrons. The van der Waals surface area contributed by atoms with Crippen LogP contribution in [0.5, 0.6) is 5.75 Å². The van der Waals surface area contributed by atoms with E-state index in [0.717, 1.165) is 28.0 Å². The van der Waals surface area contributed by atoms with Gasteiger partial charge >= 0.3 is 6.09 Å². The van der Waals surface area contributed by atoms with E-state index in [1.54, 1.807) is 0 Å². The molecule has 0 aliphatic heterocycles. The quantitative estimate of drug-likeness (QED) is 0.464. The molecule has 3 aromatic carbocycles. The standard InChI is InChI=1S/C28H34N2O3/c1-28(2,3)25-17-23(14-15-26(25)32-19-21-10-6-4-7-11-21)16-24(18-29)30-27(31)33-20-22-12-8-5-9-13-22/h4-15,17,24H,16,18-20,29H2,1-3H3,(H,30,31). The number of carbonyl (C=O) groups excluding carboxylic acids is 1. The first-order valence-electron chi connectivity index (χ1n) is 11.3. The largest absolute Gasteiger partial charge is 0.489 e. The fraction of sp³-hybridized carbons (Fsp3) is 0.321. The van der Waals surface area contributed by atoms with Crippen molar-refractivity contribution in [2.75, 3.05) is 6.54 Å². The molecule has 0 heterocycles. The van der Waals surface area contributed by atoms with Gasteiger partial charge in [0, 0.05) is 12.6 Å². The molecule has 0 fully saturated rings. The number of ether oxygens (including phenoxy) is 2. The van der Waals surface area contributed by atoms with Gasteiger partial charge in [0.1, 0.15) is 19.0 Å². The maximum absolute atomic E-state index is 12.3. The van der Waals surface area contributed by atoms with Gasteiger partial charge in [-0.1, -0.05) is 93.6 Å². The zero-order valence-corrected chi connectivity index (χ0v) is 19.7. The van der Waals surface area contributed by atoms with Gasteiger partial charge in [-0.25, -0.2) is 4.79 Å². The first-order chi connectivity index (χ1) is 15.8. The van der Waals surface area contributed by atoms with E-state index in [0.29, 0.717) is 19.6 Å². The van der Waals surface area contributed by atoms with E-state index < -0.39 is 6.09 Å². The van der Waals surface area contributed by atoms with E-state index in [1.165, 1.54) is 0 Å². The number of rotatable bonds is 9. The SMILES string of the molecule is CC(C)(C)c1cc(CC(CN)NC(=O)OCc2ccccc2)ccc1OCc1ccccc1. The number of nitrogens with one attached hydrogen (secondary N) is 1. The van der Waals surface area contributed by atoms with Crippen LogP contribution in [0.25, 0.3) is 0 Å². The van der Waals surface area contributed by atoms with E-state index in [2.05, 4.69) is 44.3 Å². The Kier molecular flexibility index (Phi) is 8.50. The average Bonchev–Trinajstić information content (AvgIpc) is 2.82. The molecule has 0 aromatic heterocycles. The van der Waals surface area contributed by atoms with Crippen molar-refractivity contribution in [3.05, 3.63) is 101 Å². The summed E-state index contributed by atoms with van der Waals surface area (Å²) in [5.74, 6) is 0.870. The Morgan fingerprint density at radius 1 is 0.879 bits per heavy atom. The van der Waals surface area contributed by atoms with Gasteiger partial charge < -0.3 is 20.5 Å². The monoisotopic (exact) mass is 446 g/mol. The average molecular weight is 447 g/mol. The van der Waals surface area contributed by atoms with Crippen LogP contribution in [0.4, 0.5) is 4.79 Å². The molecule has 5 nitrogen and oxygen atoms in total. The lowest BCUT2D eigenvalue weighted by atomic mass is 9.84. The maximum atomic E-state index is 12.3. The van der Waals surface area contributed by atoms with Gasteiger partial charge in [-0.05, 0) is 40.2 Å². The number of hydrogen-bond acceptors (Lipinski definition) is 4. The van der Waals surface area contributed by atoms with Crippen molar-refractivity contribution < 1.29 is 14.3 Å². The minimum atomic E-state index is -0.465. The lowest BCUT2D eigenvalue weighted by Gasteiger charge is -2.25. The Hall–Kier alpha value is -3.31. The molecule has 1 atom stereocenters. The highest BCUT2D eigenvalue weighted by molar-refractivity contribution is 5.67. The first-order valence-corrected chi connectivity index (χ1v) is 11.3. The van der Waals surface area contributed by atoms with Crippen LogP contribution >= 0.6 is 0 Å².